The Morgan fingerprint density at radius 1 is 0.957 bits per heavy atom. The van der Waals surface area contributed by atoms with Crippen molar-refractivity contribution < 1.29 is 14.7 Å². The Labute approximate surface area is 140 Å². The normalized spacial score (nSPS) is 21.3. The Kier molecular flexibility index (Phi) is 7.64. The van der Waals surface area contributed by atoms with Crippen LogP contribution in [0.2, 0.25) is 0 Å². The third-order valence-corrected chi connectivity index (χ3v) is 4.61. The molecule has 0 aliphatic carbocycles. The molecule has 0 aromatic heterocycles. The smallest absolute Gasteiger partial charge is 0.320 e. The van der Waals surface area contributed by atoms with Gasteiger partial charge in [0, 0.05) is 51.1 Å². The average molecular weight is 327 g/mol. The number of carboxylic acid groups (broad SMARTS) is 1. The summed E-state index contributed by atoms with van der Waals surface area (Å²) in [5, 5.41) is 9.63. The van der Waals surface area contributed by atoms with Crippen molar-refractivity contribution in [2.45, 2.75) is 39.7 Å². The quantitative estimate of drug-likeness (QED) is 0.813. The van der Waals surface area contributed by atoms with Gasteiger partial charge in [-0.1, -0.05) is 20.8 Å². The van der Waals surface area contributed by atoms with Crippen LogP contribution < -0.4 is 0 Å². The second-order valence-corrected chi connectivity index (χ2v) is 7.71. The SMILES string of the molecule is CN1CCN(C)CCN(C(CCC(=O)C(C)(C)C)C(=O)O)CC1. The summed E-state index contributed by atoms with van der Waals surface area (Å²) in [4.78, 5) is 30.3. The summed E-state index contributed by atoms with van der Waals surface area (Å²) in [5.41, 5.74) is -0.406. The molecule has 6 nitrogen and oxygen atoms in total. The van der Waals surface area contributed by atoms with Gasteiger partial charge in [0.2, 0.25) is 0 Å². The van der Waals surface area contributed by atoms with Gasteiger partial charge in [0.05, 0.1) is 0 Å². The van der Waals surface area contributed by atoms with E-state index in [-0.39, 0.29) is 5.78 Å². The molecular weight excluding hydrogens is 294 g/mol. The summed E-state index contributed by atoms with van der Waals surface area (Å²) in [6.45, 7) is 10.8. The Morgan fingerprint density at radius 2 is 1.39 bits per heavy atom. The number of ketones is 1. The van der Waals surface area contributed by atoms with Crippen LogP contribution in [0.4, 0.5) is 0 Å². The number of Topliss-reactive ketones (excluding diaryl/α,β-unsaturated/α-hetero) is 1. The van der Waals surface area contributed by atoms with Crippen molar-refractivity contribution in [3.8, 4) is 0 Å². The molecule has 134 valence electrons. The maximum absolute atomic E-state index is 12.1. The van der Waals surface area contributed by atoms with Gasteiger partial charge in [0.1, 0.15) is 11.8 Å². The van der Waals surface area contributed by atoms with Crippen LogP contribution in [0.1, 0.15) is 33.6 Å². The fraction of sp³-hybridized carbons (Fsp3) is 0.882. The van der Waals surface area contributed by atoms with E-state index in [1.54, 1.807) is 0 Å². The summed E-state index contributed by atoms with van der Waals surface area (Å²) < 4.78 is 0. The summed E-state index contributed by atoms with van der Waals surface area (Å²) in [5.74, 6) is -0.696. The molecule has 1 heterocycles. The van der Waals surface area contributed by atoms with Gasteiger partial charge in [0.25, 0.3) is 0 Å². The molecule has 0 spiro atoms. The van der Waals surface area contributed by atoms with Gasteiger partial charge in [-0.15, -0.1) is 0 Å². The van der Waals surface area contributed by atoms with Crippen molar-refractivity contribution in [1.82, 2.24) is 14.7 Å². The lowest BCUT2D eigenvalue weighted by molar-refractivity contribution is -0.144. The minimum Gasteiger partial charge on any atom is -0.480 e. The number of hydrogen-bond donors (Lipinski definition) is 1. The molecule has 0 bridgehead atoms. The molecule has 6 heteroatoms. The molecule has 1 N–H and O–H groups in total. The number of aliphatic carboxylic acids is 1. The lowest BCUT2D eigenvalue weighted by atomic mass is 9.87. The molecule has 1 unspecified atom stereocenters. The molecule has 1 saturated heterocycles. The van der Waals surface area contributed by atoms with E-state index in [0.717, 1.165) is 39.3 Å². The number of hydrogen-bond acceptors (Lipinski definition) is 5. The van der Waals surface area contributed by atoms with Gasteiger partial charge in [0.15, 0.2) is 0 Å². The molecule has 0 radical (unpaired) electrons. The van der Waals surface area contributed by atoms with E-state index >= 15 is 0 Å². The monoisotopic (exact) mass is 327 g/mol. The first-order valence-corrected chi connectivity index (χ1v) is 8.48. The molecule has 1 aliphatic heterocycles. The third kappa shape index (κ3) is 6.97. The fourth-order valence-corrected chi connectivity index (χ4v) is 2.69. The highest BCUT2D eigenvalue weighted by Gasteiger charge is 2.29. The van der Waals surface area contributed by atoms with Crippen LogP contribution in [0, 0.1) is 5.41 Å². The van der Waals surface area contributed by atoms with Gasteiger partial charge < -0.3 is 14.9 Å². The molecule has 0 amide bonds. The molecule has 1 aliphatic rings. The van der Waals surface area contributed by atoms with E-state index < -0.39 is 17.4 Å². The van der Waals surface area contributed by atoms with E-state index in [1.165, 1.54) is 0 Å². The van der Waals surface area contributed by atoms with Crippen LogP contribution in [0.5, 0.6) is 0 Å². The zero-order valence-electron chi connectivity index (χ0n) is 15.3. The van der Waals surface area contributed by atoms with Crippen LogP contribution in [-0.2, 0) is 9.59 Å². The maximum Gasteiger partial charge on any atom is 0.320 e. The van der Waals surface area contributed by atoms with Crippen LogP contribution in [0.25, 0.3) is 0 Å². The van der Waals surface area contributed by atoms with Gasteiger partial charge in [-0.25, -0.2) is 0 Å². The predicted molar refractivity (Wildman–Crippen MR) is 91.7 cm³/mol. The lowest BCUT2D eigenvalue weighted by Crippen LogP contribution is -2.46. The Balaban J connectivity index is 2.73. The maximum atomic E-state index is 12.1. The van der Waals surface area contributed by atoms with Crippen molar-refractivity contribution in [2.75, 3.05) is 53.4 Å². The molecule has 0 aromatic carbocycles. The van der Waals surface area contributed by atoms with Crippen LogP contribution in [-0.4, -0.2) is 91.0 Å². The Morgan fingerprint density at radius 3 is 1.78 bits per heavy atom. The van der Waals surface area contributed by atoms with Gasteiger partial charge in [-0.05, 0) is 20.5 Å². The van der Waals surface area contributed by atoms with Crippen molar-refractivity contribution in [3.63, 3.8) is 0 Å². The van der Waals surface area contributed by atoms with E-state index in [9.17, 15) is 14.7 Å². The zero-order valence-corrected chi connectivity index (χ0v) is 15.3. The third-order valence-electron chi connectivity index (χ3n) is 4.61. The van der Waals surface area contributed by atoms with E-state index in [4.69, 9.17) is 0 Å². The molecule has 23 heavy (non-hydrogen) atoms. The van der Waals surface area contributed by atoms with E-state index in [2.05, 4.69) is 23.9 Å². The lowest BCUT2D eigenvalue weighted by Gasteiger charge is -2.30. The highest BCUT2D eigenvalue weighted by atomic mass is 16.4. The highest BCUT2D eigenvalue weighted by molar-refractivity contribution is 5.84. The van der Waals surface area contributed by atoms with Crippen molar-refractivity contribution in [3.05, 3.63) is 0 Å². The first-order valence-electron chi connectivity index (χ1n) is 8.48. The van der Waals surface area contributed by atoms with Gasteiger partial charge >= 0.3 is 5.97 Å². The summed E-state index contributed by atoms with van der Waals surface area (Å²) in [6.07, 6.45) is 0.710. The molecule has 1 rings (SSSR count). The van der Waals surface area contributed by atoms with Gasteiger partial charge in [-0.3, -0.25) is 14.5 Å². The fourth-order valence-electron chi connectivity index (χ4n) is 2.69. The first kappa shape index (κ1) is 20.1. The van der Waals surface area contributed by atoms with Crippen molar-refractivity contribution >= 4 is 11.8 Å². The standard InChI is InChI=1S/C17H33N3O3/c1-17(2,3)15(21)7-6-14(16(22)23)20-12-10-18(4)8-9-19(5)11-13-20/h14H,6-13H2,1-5H3,(H,22,23). The van der Waals surface area contributed by atoms with Crippen LogP contribution >= 0.6 is 0 Å². The molecule has 1 atom stereocenters. The second kappa shape index (κ2) is 8.76. The van der Waals surface area contributed by atoms with Crippen LogP contribution in [0.15, 0.2) is 0 Å². The second-order valence-electron chi connectivity index (χ2n) is 7.71. The Hall–Kier alpha value is -0.980. The largest absolute Gasteiger partial charge is 0.480 e. The minimum absolute atomic E-state index is 0.127. The van der Waals surface area contributed by atoms with E-state index in [0.29, 0.717) is 12.8 Å². The summed E-state index contributed by atoms with van der Waals surface area (Å²) >= 11 is 0. The van der Waals surface area contributed by atoms with E-state index in [1.807, 2.05) is 25.7 Å². The summed E-state index contributed by atoms with van der Waals surface area (Å²) in [6, 6.07) is -0.582. The number of rotatable bonds is 5. The predicted octanol–water partition coefficient (Wildman–Crippen LogP) is 1.01. The number of carbonyl (C=O) groups is 2. The highest BCUT2D eigenvalue weighted by Crippen LogP contribution is 2.20. The minimum atomic E-state index is -0.823. The first-order chi connectivity index (χ1) is 10.6. The number of likely N-dealkylation sites (N-methyl/N-ethyl adjacent to an activating group) is 2. The topological polar surface area (TPSA) is 64.1 Å². The molecule has 1 fully saturated rings. The molecule has 0 saturated carbocycles. The zero-order chi connectivity index (χ0) is 17.6. The number of carboxylic acids is 1. The Bertz CT molecular complexity index is 392. The van der Waals surface area contributed by atoms with Crippen molar-refractivity contribution in [2.24, 2.45) is 5.41 Å². The molecular formula is C17H33N3O3. The van der Waals surface area contributed by atoms with Crippen molar-refractivity contribution in [1.29, 1.82) is 0 Å². The molecule has 0 aromatic rings. The summed E-state index contributed by atoms with van der Waals surface area (Å²) in [7, 11) is 4.13. The number of carbonyl (C=O) groups excluding carboxylic acids is 1. The average Bonchev–Trinajstić information content (AvgIpc) is 2.51. The van der Waals surface area contributed by atoms with Crippen LogP contribution in [0.3, 0.4) is 0 Å². The van der Waals surface area contributed by atoms with Gasteiger partial charge in [-0.2, -0.15) is 0 Å². The number of nitrogens with zero attached hydrogens (tertiary/aromatic N) is 3.